The van der Waals surface area contributed by atoms with Crippen molar-refractivity contribution in [3.05, 3.63) is 23.8 Å². The number of esters is 1. The van der Waals surface area contributed by atoms with E-state index in [0.717, 1.165) is 5.56 Å². The van der Waals surface area contributed by atoms with Crippen LogP contribution in [-0.4, -0.2) is 11.1 Å². The first-order valence-corrected chi connectivity index (χ1v) is 7.51. The second-order valence-corrected chi connectivity index (χ2v) is 7.69. The van der Waals surface area contributed by atoms with Gasteiger partial charge in [0, 0.05) is 12.0 Å². The highest BCUT2D eigenvalue weighted by Gasteiger charge is 2.38. The number of carbonyl (C=O) groups excluding carboxylic acids is 1. The quantitative estimate of drug-likeness (QED) is 0.637. The molecule has 0 atom stereocenters. The van der Waals surface area contributed by atoms with Crippen LogP contribution in [0.3, 0.4) is 0 Å². The van der Waals surface area contributed by atoms with Crippen molar-refractivity contribution in [2.24, 2.45) is 10.8 Å². The first-order chi connectivity index (χ1) is 9.48. The van der Waals surface area contributed by atoms with Crippen LogP contribution in [0.1, 0.15) is 66.4 Å². The Morgan fingerprint density at radius 1 is 1.14 bits per heavy atom. The fourth-order valence-electron chi connectivity index (χ4n) is 3.30. The summed E-state index contributed by atoms with van der Waals surface area (Å²) >= 11 is 0. The van der Waals surface area contributed by atoms with E-state index in [1.807, 2.05) is 6.07 Å². The third-order valence-corrected chi connectivity index (χ3v) is 3.57. The Balaban J connectivity index is 3.46. The van der Waals surface area contributed by atoms with E-state index >= 15 is 0 Å². The monoisotopic (exact) mass is 292 g/mol. The number of aromatic hydroxyl groups is 1. The third kappa shape index (κ3) is 4.23. The average Bonchev–Trinajstić information content (AvgIpc) is 2.29. The minimum Gasteiger partial charge on any atom is -0.504 e. The third-order valence-electron chi connectivity index (χ3n) is 3.57. The fraction of sp³-hybridized carbons (Fsp3) is 0.611. The van der Waals surface area contributed by atoms with Crippen LogP contribution in [-0.2, 0) is 4.79 Å². The largest absolute Gasteiger partial charge is 0.504 e. The Kier molecular flexibility index (Phi) is 5.08. The Morgan fingerprint density at radius 2 is 1.67 bits per heavy atom. The normalized spacial score (nSPS) is 12.6. The van der Waals surface area contributed by atoms with Gasteiger partial charge in [-0.3, -0.25) is 4.79 Å². The molecule has 118 valence electrons. The van der Waals surface area contributed by atoms with E-state index in [0.29, 0.717) is 5.75 Å². The molecule has 0 unspecified atom stereocenters. The van der Waals surface area contributed by atoms with Gasteiger partial charge in [-0.2, -0.15) is 0 Å². The van der Waals surface area contributed by atoms with E-state index in [9.17, 15) is 9.90 Å². The first-order valence-electron chi connectivity index (χ1n) is 7.51. The zero-order valence-corrected chi connectivity index (χ0v) is 14.3. The van der Waals surface area contributed by atoms with Gasteiger partial charge in [0.1, 0.15) is 0 Å². The molecule has 1 rings (SSSR count). The van der Waals surface area contributed by atoms with E-state index in [2.05, 4.69) is 41.5 Å². The minimum absolute atomic E-state index is 0.0211. The predicted octanol–water partition coefficient (Wildman–Crippen LogP) is 4.88. The first kappa shape index (κ1) is 17.5. The summed E-state index contributed by atoms with van der Waals surface area (Å²) in [4.78, 5) is 11.7. The number of rotatable bonds is 3. The molecule has 0 aromatic heterocycles. The predicted molar refractivity (Wildman–Crippen MR) is 85.7 cm³/mol. The molecule has 0 saturated heterocycles. The van der Waals surface area contributed by atoms with Crippen molar-refractivity contribution in [3.8, 4) is 11.5 Å². The van der Waals surface area contributed by atoms with Gasteiger partial charge in [0.15, 0.2) is 11.5 Å². The highest BCUT2D eigenvalue weighted by atomic mass is 16.5. The van der Waals surface area contributed by atoms with Crippen molar-refractivity contribution in [2.45, 2.75) is 60.8 Å². The van der Waals surface area contributed by atoms with Gasteiger partial charge >= 0.3 is 5.97 Å². The molecule has 0 aliphatic carbocycles. The zero-order chi connectivity index (χ0) is 16.4. The van der Waals surface area contributed by atoms with E-state index in [1.54, 1.807) is 19.1 Å². The number of hydrogen-bond acceptors (Lipinski definition) is 3. The summed E-state index contributed by atoms with van der Waals surface area (Å²) in [5.41, 5.74) is 0.829. The minimum atomic E-state index is -0.334. The molecule has 21 heavy (non-hydrogen) atoms. The van der Waals surface area contributed by atoms with E-state index in [1.165, 1.54) is 0 Å². The molecule has 0 aliphatic rings. The average molecular weight is 292 g/mol. The van der Waals surface area contributed by atoms with Crippen molar-refractivity contribution in [2.75, 3.05) is 0 Å². The molecule has 0 aliphatic heterocycles. The topological polar surface area (TPSA) is 46.5 Å². The lowest BCUT2D eigenvalue weighted by atomic mass is 9.63. The van der Waals surface area contributed by atoms with Crippen molar-refractivity contribution >= 4 is 5.97 Å². The number of phenolic OH excluding ortho intramolecular Hbond substituents is 1. The maximum Gasteiger partial charge on any atom is 0.311 e. The standard InChI is InChI=1S/C18H28O3/c1-8-14(20)21-15-12(10-9-11-13(15)19)16(17(2,3)4)18(5,6)7/h9-11,16,19H,8H2,1-7H3. The SMILES string of the molecule is CCC(=O)Oc1c(O)cccc1C(C(C)(C)C)C(C)(C)C. The molecular weight excluding hydrogens is 264 g/mol. The van der Waals surface area contributed by atoms with Crippen LogP contribution in [0.4, 0.5) is 0 Å². The van der Waals surface area contributed by atoms with Gasteiger partial charge in [0.2, 0.25) is 0 Å². The summed E-state index contributed by atoms with van der Waals surface area (Å²) in [6.07, 6.45) is 0.281. The van der Waals surface area contributed by atoms with Crippen LogP contribution in [0, 0.1) is 10.8 Å². The lowest BCUT2D eigenvalue weighted by molar-refractivity contribution is -0.134. The summed E-state index contributed by atoms with van der Waals surface area (Å²) in [5.74, 6) is 0.128. The van der Waals surface area contributed by atoms with Crippen LogP contribution in [0.15, 0.2) is 18.2 Å². The van der Waals surface area contributed by atoms with Gasteiger partial charge in [-0.25, -0.2) is 0 Å². The molecule has 1 aromatic carbocycles. The summed E-state index contributed by atoms with van der Waals surface area (Å²) in [6, 6.07) is 5.31. The maximum atomic E-state index is 11.7. The molecule has 3 heteroatoms. The van der Waals surface area contributed by atoms with Crippen molar-refractivity contribution < 1.29 is 14.6 Å². The summed E-state index contributed by atoms with van der Waals surface area (Å²) < 4.78 is 5.41. The van der Waals surface area contributed by atoms with Gasteiger partial charge in [0.05, 0.1) is 0 Å². The molecular formula is C18H28O3. The smallest absolute Gasteiger partial charge is 0.311 e. The van der Waals surface area contributed by atoms with E-state index in [4.69, 9.17) is 4.74 Å². The molecule has 0 heterocycles. The molecule has 1 aromatic rings. The number of para-hydroxylation sites is 1. The van der Waals surface area contributed by atoms with E-state index in [-0.39, 0.29) is 34.9 Å². The fourth-order valence-corrected chi connectivity index (χ4v) is 3.30. The van der Waals surface area contributed by atoms with Crippen molar-refractivity contribution in [1.82, 2.24) is 0 Å². The van der Waals surface area contributed by atoms with Crippen molar-refractivity contribution in [3.63, 3.8) is 0 Å². The number of ether oxygens (including phenoxy) is 1. The highest BCUT2D eigenvalue weighted by molar-refractivity contribution is 5.73. The Bertz CT molecular complexity index is 490. The number of benzene rings is 1. The molecule has 0 spiro atoms. The number of carbonyl (C=O) groups is 1. The summed E-state index contributed by atoms with van der Waals surface area (Å²) in [5, 5.41) is 10.1. The van der Waals surface area contributed by atoms with Gasteiger partial charge < -0.3 is 9.84 Å². The summed E-state index contributed by atoms with van der Waals surface area (Å²) in [6.45, 7) is 14.7. The Labute approximate surface area is 128 Å². The van der Waals surface area contributed by atoms with E-state index < -0.39 is 0 Å². The van der Waals surface area contributed by atoms with Gasteiger partial charge in [-0.1, -0.05) is 60.6 Å². The van der Waals surface area contributed by atoms with Gasteiger partial charge in [-0.15, -0.1) is 0 Å². The number of hydrogen-bond donors (Lipinski definition) is 1. The van der Waals surface area contributed by atoms with Crippen LogP contribution < -0.4 is 4.74 Å². The molecule has 0 amide bonds. The highest BCUT2D eigenvalue weighted by Crippen LogP contribution is 2.51. The van der Waals surface area contributed by atoms with Gasteiger partial charge in [0.25, 0.3) is 0 Å². The lowest BCUT2D eigenvalue weighted by Crippen LogP contribution is -2.31. The Hall–Kier alpha value is -1.51. The second-order valence-electron chi connectivity index (χ2n) is 7.69. The van der Waals surface area contributed by atoms with Gasteiger partial charge in [-0.05, 0) is 22.8 Å². The lowest BCUT2D eigenvalue weighted by Gasteiger charge is -2.41. The van der Waals surface area contributed by atoms with Crippen LogP contribution in [0.25, 0.3) is 0 Å². The molecule has 1 N–H and O–H groups in total. The zero-order valence-electron chi connectivity index (χ0n) is 14.3. The molecule has 0 bridgehead atoms. The van der Waals surface area contributed by atoms with Crippen LogP contribution in [0.5, 0.6) is 11.5 Å². The van der Waals surface area contributed by atoms with Crippen LogP contribution in [0.2, 0.25) is 0 Å². The Morgan fingerprint density at radius 3 is 2.10 bits per heavy atom. The summed E-state index contributed by atoms with van der Waals surface area (Å²) in [7, 11) is 0. The molecule has 3 nitrogen and oxygen atoms in total. The van der Waals surface area contributed by atoms with Crippen molar-refractivity contribution in [1.29, 1.82) is 0 Å². The molecule has 0 saturated carbocycles. The number of phenols is 1. The molecule has 0 fully saturated rings. The van der Waals surface area contributed by atoms with Crippen LogP contribution >= 0.6 is 0 Å². The second kappa shape index (κ2) is 6.08. The molecule has 0 radical (unpaired) electrons. The maximum absolute atomic E-state index is 11.7.